The highest BCUT2D eigenvalue weighted by Crippen LogP contribution is 2.40. The molecule has 2 aromatic rings. The Labute approximate surface area is 236 Å². The molecule has 40 heavy (non-hydrogen) atoms. The van der Waals surface area contributed by atoms with Gasteiger partial charge in [0.1, 0.15) is 17.5 Å². The van der Waals surface area contributed by atoms with E-state index in [0.717, 1.165) is 17.2 Å². The van der Waals surface area contributed by atoms with Crippen LogP contribution in [-0.4, -0.2) is 53.3 Å². The minimum absolute atomic E-state index is 0.000818. The fraction of sp³-hybridized carbons (Fsp3) is 0.562. The minimum Gasteiger partial charge on any atom is -0.350 e. The number of aryl methyl sites for hydroxylation is 1. The van der Waals surface area contributed by atoms with Gasteiger partial charge in [0.25, 0.3) is 0 Å². The lowest BCUT2D eigenvalue weighted by atomic mass is 9.82. The van der Waals surface area contributed by atoms with Crippen LogP contribution in [0.1, 0.15) is 94.0 Å². The van der Waals surface area contributed by atoms with Crippen molar-refractivity contribution in [1.29, 1.82) is 0 Å². The zero-order chi connectivity index (χ0) is 29.4. The molecule has 0 aliphatic carbocycles. The number of hydrogen-bond donors (Lipinski definition) is 1. The van der Waals surface area contributed by atoms with Crippen LogP contribution in [0.3, 0.4) is 0 Å². The van der Waals surface area contributed by atoms with Gasteiger partial charge >= 0.3 is 0 Å². The van der Waals surface area contributed by atoms with Crippen LogP contribution in [0.5, 0.6) is 0 Å². The van der Waals surface area contributed by atoms with Crippen molar-refractivity contribution < 1.29 is 22.8 Å². The molecule has 5 nitrogen and oxygen atoms in total. The van der Waals surface area contributed by atoms with E-state index in [1.807, 2.05) is 17.9 Å². The van der Waals surface area contributed by atoms with Gasteiger partial charge in [-0.1, -0.05) is 19.1 Å². The van der Waals surface area contributed by atoms with E-state index >= 15 is 0 Å². The topological polar surface area (TPSA) is 52.7 Å². The Bertz CT molecular complexity index is 1250. The van der Waals surface area contributed by atoms with E-state index in [4.69, 9.17) is 0 Å². The molecule has 0 radical (unpaired) electrons. The number of carbonyl (C=O) groups is 2. The van der Waals surface area contributed by atoms with Crippen LogP contribution >= 0.6 is 0 Å². The fourth-order valence-electron chi connectivity index (χ4n) is 6.38. The molecule has 2 aliphatic rings. The van der Waals surface area contributed by atoms with Crippen molar-refractivity contribution in [1.82, 2.24) is 15.1 Å². The quantitative estimate of drug-likeness (QED) is 0.459. The van der Waals surface area contributed by atoms with Crippen molar-refractivity contribution in [2.24, 2.45) is 5.92 Å². The molecule has 2 saturated heterocycles. The van der Waals surface area contributed by atoms with E-state index in [-0.39, 0.29) is 41.0 Å². The first kappa shape index (κ1) is 30.1. The number of benzene rings is 2. The Morgan fingerprint density at radius 2 is 1.68 bits per heavy atom. The molecule has 2 aromatic carbocycles. The molecule has 0 saturated carbocycles. The van der Waals surface area contributed by atoms with Crippen LogP contribution in [0.2, 0.25) is 0 Å². The number of nitrogens with one attached hydrogen (secondary N) is 1. The second kappa shape index (κ2) is 11.9. The van der Waals surface area contributed by atoms with Crippen LogP contribution in [0.15, 0.2) is 30.3 Å². The SMILES string of the molecule is CCC(NC(C)=O)c1cc(F)c(C)cc1C1CCN(C(=O)[C@@H]2CN(C(C)(C)C)CC2c2ccc(F)cc2F)CC1. The maximum atomic E-state index is 14.9. The lowest BCUT2D eigenvalue weighted by molar-refractivity contribution is -0.136. The van der Waals surface area contributed by atoms with E-state index in [2.05, 4.69) is 31.0 Å². The van der Waals surface area contributed by atoms with Gasteiger partial charge in [-0.05, 0) is 87.3 Å². The maximum Gasteiger partial charge on any atom is 0.227 e. The zero-order valence-electron chi connectivity index (χ0n) is 24.5. The first-order valence-corrected chi connectivity index (χ1v) is 14.4. The monoisotopic (exact) mass is 557 g/mol. The number of likely N-dealkylation sites (tertiary alicyclic amines) is 2. The Kier molecular flexibility index (Phi) is 8.98. The van der Waals surface area contributed by atoms with Crippen molar-refractivity contribution in [2.75, 3.05) is 26.2 Å². The van der Waals surface area contributed by atoms with Crippen molar-refractivity contribution in [3.63, 3.8) is 0 Å². The molecule has 4 rings (SSSR count). The summed E-state index contributed by atoms with van der Waals surface area (Å²) in [7, 11) is 0. The van der Waals surface area contributed by atoms with Gasteiger partial charge in [-0.3, -0.25) is 14.5 Å². The molecule has 2 amide bonds. The highest BCUT2D eigenvalue weighted by molar-refractivity contribution is 5.81. The van der Waals surface area contributed by atoms with Gasteiger partial charge in [0.05, 0.1) is 12.0 Å². The molecular weight excluding hydrogens is 515 g/mol. The number of hydrogen-bond acceptors (Lipinski definition) is 3. The van der Waals surface area contributed by atoms with Gasteiger partial charge in [-0.25, -0.2) is 13.2 Å². The third kappa shape index (κ3) is 6.37. The third-order valence-corrected chi connectivity index (χ3v) is 8.72. The molecule has 0 aromatic heterocycles. The number of amides is 2. The van der Waals surface area contributed by atoms with Crippen LogP contribution in [0.25, 0.3) is 0 Å². The molecule has 0 bridgehead atoms. The molecule has 8 heteroatoms. The maximum absolute atomic E-state index is 14.9. The average Bonchev–Trinajstić information content (AvgIpc) is 3.34. The second-order valence-corrected chi connectivity index (χ2v) is 12.4. The fourth-order valence-corrected chi connectivity index (χ4v) is 6.38. The summed E-state index contributed by atoms with van der Waals surface area (Å²) >= 11 is 0. The molecular formula is C32H42F3N3O2. The van der Waals surface area contributed by atoms with E-state index < -0.39 is 17.6 Å². The molecule has 2 unspecified atom stereocenters. The summed E-state index contributed by atoms with van der Waals surface area (Å²) in [6.07, 6.45) is 2.07. The smallest absolute Gasteiger partial charge is 0.227 e. The van der Waals surface area contributed by atoms with Gasteiger partial charge in [0.2, 0.25) is 11.8 Å². The van der Waals surface area contributed by atoms with Crippen LogP contribution in [0, 0.1) is 30.3 Å². The van der Waals surface area contributed by atoms with E-state index in [9.17, 15) is 22.8 Å². The van der Waals surface area contributed by atoms with E-state index in [0.29, 0.717) is 56.6 Å². The summed E-state index contributed by atoms with van der Waals surface area (Å²) in [6.45, 7) is 13.5. The normalized spacial score (nSPS) is 21.5. The van der Waals surface area contributed by atoms with Gasteiger partial charge in [-0.15, -0.1) is 0 Å². The minimum atomic E-state index is -0.629. The van der Waals surface area contributed by atoms with Crippen LogP contribution in [0.4, 0.5) is 13.2 Å². The Hall–Kier alpha value is -2.87. The molecule has 1 N–H and O–H groups in total. The van der Waals surface area contributed by atoms with Crippen LogP contribution in [-0.2, 0) is 9.59 Å². The Balaban J connectivity index is 1.55. The van der Waals surface area contributed by atoms with Gasteiger partial charge in [-0.2, -0.15) is 0 Å². The summed E-state index contributed by atoms with van der Waals surface area (Å²) in [5, 5.41) is 2.95. The molecule has 2 aliphatic heterocycles. The zero-order valence-corrected chi connectivity index (χ0v) is 24.5. The van der Waals surface area contributed by atoms with Crippen molar-refractivity contribution >= 4 is 11.8 Å². The number of piperidine rings is 1. The standard InChI is InChI=1S/C32H42F3N3O2/c1-7-30(36-20(3)39)25-16-28(34)19(2)14-24(25)21-10-12-37(13-11-21)31(40)27-18-38(32(4,5)6)17-26(27)23-9-8-22(33)15-29(23)35/h8-9,14-16,21,26-27,30H,7,10-13,17-18H2,1-6H3,(H,36,39)/t26?,27-,30?/m1/s1. The molecule has 0 spiro atoms. The first-order chi connectivity index (χ1) is 18.8. The van der Waals surface area contributed by atoms with E-state index in [1.165, 1.54) is 19.1 Å². The van der Waals surface area contributed by atoms with Crippen molar-refractivity contribution in [3.05, 3.63) is 70.0 Å². The van der Waals surface area contributed by atoms with Crippen LogP contribution < -0.4 is 5.32 Å². The van der Waals surface area contributed by atoms with E-state index in [1.54, 1.807) is 13.0 Å². The first-order valence-electron chi connectivity index (χ1n) is 14.4. The van der Waals surface area contributed by atoms with Gasteiger partial charge in [0, 0.05) is 50.6 Å². The number of halogens is 3. The predicted octanol–water partition coefficient (Wildman–Crippen LogP) is 6.22. The van der Waals surface area contributed by atoms with Gasteiger partial charge in [0.15, 0.2) is 0 Å². The van der Waals surface area contributed by atoms with Gasteiger partial charge < -0.3 is 10.2 Å². The molecule has 2 heterocycles. The summed E-state index contributed by atoms with van der Waals surface area (Å²) in [4.78, 5) is 29.8. The number of nitrogens with zero attached hydrogens (tertiary/aromatic N) is 2. The summed E-state index contributed by atoms with van der Waals surface area (Å²) in [5.41, 5.74) is 2.58. The Morgan fingerprint density at radius 1 is 1.00 bits per heavy atom. The van der Waals surface area contributed by atoms with Crippen molar-refractivity contribution in [3.8, 4) is 0 Å². The lowest BCUT2D eigenvalue weighted by Gasteiger charge is -2.36. The number of rotatable bonds is 6. The molecule has 218 valence electrons. The Morgan fingerprint density at radius 3 is 2.25 bits per heavy atom. The predicted molar refractivity (Wildman–Crippen MR) is 150 cm³/mol. The summed E-state index contributed by atoms with van der Waals surface area (Å²) in [6, 6.07) is 6.80. The average molecular weight is 558 g/mol. The highest BCUT2D eigenvalue weighted by Gasteiger charge is 2.45. The summed E-state index contributed by atoms with van der Waals surface area (Å²) < 4.78 is 43.2. The van der Waals surface area contributed by atoms with Crippen molar-refractivity contribution in [2.45, 2.75) is 84.2 Å². The largest absolute Gasteiger partial charge is 0.350 e. The molecule has 3 atom stereocenters. The lowest BCUT2D eigenvalue weighted by Crippen LogP contribution is -2.44. The summed E-state index contributed by atoms with van der Waals surface area (Å²) in [5.74, 6) is -2.36. The number of carbonyl (C=O) groups excluding carboxylic acids is 2. The highest BCUT2D eigenvalue weighted by atomic mass is 19.1. The molecule has 2 fully saturated rings. The second-order valence-electron chi connectivity index (χ2n) is 12.4. The third-order valence-electron chi connectivity index (χ3n) is 8.72.